The molecular weight excluding hydrogens is 160 g/mol. The Morgan fingerprint density at radius 1 is 0.923 bits per heavy atom. The Morgan fingerprint density at radius 2 is 1.38 bits per heavy atom. The van der Waals surface area contributed by atoms with E-state index < -0.39 is 0 Å². The van der Waals surface area contributed by atoms with Gasteiger partial charge in [0.05, 0.1) is 12.1 Å². The van der Waals surface area contributed by atoms with Crippen molar-refractivity contribution in [3.8, 4) is 12.1 Å². The molecule has 3 aliphatic carbocycles. The third-order valence-electron chi connectivity index (χ3n) is 4.11. The fourth-order valence-electron chi connectivity index (χ4n) is 3.65. The normalized spacial score (nSPS) is 45.1. The maximum atomic E-state index is 8.90. The molecule has 3 rings (SSSR count). The highest BCUT2D eigenvalue weighted by Gasteiger charge is 2.57. The molecule has 0 aromatic heterocycles. The summed E-state index contributed by atoms with van der Waals surface area (Å²) in [5.74, 6) is 2.44. The first-order chi connectivity index (χ1) is 6.36. The van der Waals surface area contributed by atoms with Gasteiger partial charge < -0.3 is 0 Å². The first kappa shape index (κ1) is 7.15. The fraction of sp³-hybridized carbons (Fsp3) is 0.636. The minimum absolute atomic E-state index is 0.485. The zero-order valence-corrected chi connectivity index (χ0v) is 7.33. The molecule has 2 heteroatoms. The minimum atomic E-state index is 0.485. The smallest absolute Gasteiger partial charge is 0.0960 e. The van der Waals surface area contributed by atoms with E-state index in [0.717, 1.165) is 23.0 Å². The second-order valence-corrected chi connectivity index (χ2v) is 4.44. The molecule has 64 valence electrons. The van der Waals surface area contributed by atoms with Gasteiger partial charge in [0.15, 0.2) is 0 Å². The van der Waals surface area contributed by atoms with Gasteiger partial charge in [0.2, 0.25) is 0 Å². The van der Waals surface area contributed by atoms with Crippen molar-refractivity contribution in [3.63, 3.8) is 0 Å². The van der Waals surface area contributed by atoms with E-state index in [2.05, 4.69) is 12.1 Å². The zero-order valence-electron chi connectivity index (χ0n) is 7.33. The molecule has 2 bridgehead atoms. The second kappa shape index (κ2) is 2.15. The highest BCUT2D eigenvalue weighted by molar-refractivity contribution is 5.52. The molecule has 0 aliphatic heterocycles. The molecule has 0 amide bonds. The van der Waals surface area contributed by atoms with Crippen LogP contribution < -0.4 is 0 Å². The van der Waals surface area contributed by atoms with Crippen LogP contribution in [0.25, 0.3) is 0 Å². The molecular formula is C11H10N2. The van der Waals surface area contributed by atoms with Crippen LogP contribution >= 0.6 is 0 Å². The molecule has 2 saturated carbocycles. The summed E-state index contributed by atoms with van der Waals surface area (Å²) in [4.78, 5) is 0. The van der Waals surface area contributed by atoms with Crippen LogP contribution in [-0.4, -0.2) is 0 Å². The number of rotatable bonds is 0. The van der Waals surface area contributed by atoms with Crippen LogP contribution in [0.15, 0.2) is 11.1 Å². The molecule has 0 N–H and O–H groups in total. The van der Waals surface area contributed by atoms with E-state index in [0.29, 0.717) is 11.8 Å². The van der Waals surface area contributed by atoms with Gasteiger partial charge in [0.25, 0.3) is 0 Å². The molecule has 13 heavy (non-hydrogen) atoms. The van der Waals surface area contributed by atoms with Crippen molar-refractivity contribution >= 4 is 0 Å². The number of nitrogens with zero attached hydrogens (tertiary/aromatic N) is 2. The number of nitriles is 2. The van der Waals surface area contributed by atoms with Crippen molar-refractivity contribution in [3.05, 3.63) is 11.1 Å². The molecule has 3 aliphatic rings. The van der Waals surface area contributed by atoms with Gasteiger partial charge in [0, 0.05) is 23.0 Å². The van der Waals surface area contributed by atoms with E-state index in [1.807, 2.05) is 0 Å². The molecule has 0 radical (unpaired) electrons. The first-order valence-corrected chi connectivity index (χ1v) is 4.91. The molecule has 2 fully saturated rings. The third-order valence-corrected chi connectivity index (χ3v) is 4.11. The zero-order chi connectivity index (χ0) is 9.00. The molecule has 0 aromatic carbocycles. The predicted molar refractivity (Wildman–Crippen MR) is 46.1 cm³/mol. The molecule has 2 nitrogen and oxygen atoms in total. The molecule has 4 atom stereocenters. The Balaban J connectivity index is 2.06. The highest BCUT2D eigenvalue weighted by Crippen LogP contribution is 2.63. The Bertz CT molecular complexity index is 344. The van der Waals surface area contributed by atoms with Crippen LogP contribution in [0.2, 0.25) is 0 Å². The number of hydrogen-bond donors (Lipinski definition) is 0. The lowest BCUT2D eigenvalue weighted by Crippen LogP contribution is -2.34. The van der Waals surface area contributed by atoms with Gasteiger partial charge in [-0.3, -0.25) is 0 Å². The van der Waals surface area contributed by atoms with Gasteiger partial charge in [-0.05, 0) is 31.1 Å². The van der Waals surface area contributed by atoms with E-state index in [-0.39, 0.29) is 0 Å². The van der Waals surface area contributed by atoms with Gasteiger partial charge in [0.1, 0.15) is 0 Å². The maximum Gasteiger partial charge on any atom is 0.0960 e. The molecule has 0 aromatic rings. The van der Waals surface area contributed by atoms with Crippen molar-refractivity contribution in [2.45, 2.75) is 19.3 Å². The topological polar surface area (TPSA) is 47.6 Å². The minimum Gasteiger partial charge on any atom is -0.193 e. The summed E-state index contributed by atoms with van der Waals surface area (Å²) >= 11 is 0. The first-order valence-electron chi connectivity index (χ1n) is 4.91. The van der Waals surface area contributed by atoms with E-state index in [1.54, 1.807) is 0 Å². The Labute approximate surface area is 77.5 Å². The molecule has 0 spiro atoms. The van der Waals surface area contributed by atoms with E-state index in [9.17, 15) is 0 Å². The van der Waals surface area contributed by atoms with Gasteiger partial charge in [-0.25, -0.2) is 0 Å². The number of hydrogen-bond acceptors (Lipinski definition) is 2. The Kier molecular flexibility index (Phi) is 1.18. The van der Waals surface area contributed by atoms with Crippen LogP contribution in [0.1, 0.15) is 19.3 Å². The maximum absolute atomic E-state index is 8.90. The quantitative estimate of drug-likeness (QED) is 0.558. The van der Waals surface area contributed by atoms with Crippen molar-refractivity contribution in [1.29, 1.82) is 10.5 Å². The van der Waals surface area contributed by atoms with Gasteiger partial charge >= 0.3 is 0 Å². The standard InChI is InChI=1S/C11H10N2/c12-4-8-9(5-13)11-7-2-1-6(3-7)10(8)11/h6-7,10-11H,1-3H2/t6-,7+,10-,11+. The number of allylic oxidation sites excluding steroid dienone is 2. The number of fused-ring (bicyclic) bond motifs is 5. The van der Waals surface area contributed by atoms with Crippen LogP contribution in [0.5, 0.6) is 0 Å². The fourth-order valence-corrected chi connectivity index (χ4v) is 3.65. The van der Waals surface area contributed by atoms with Crippen molar-refractivity contribution in [2.75, 3.05) is 0 Å². The molecule has 0 saturated heterocycles. The summed E-state index contributed by atoms with van der Waals surface area (Å²) in [6.45, 7) is 0. The average molecular weight is 170 g/mol. The summed E-state index contributed by atoms with van der Waals surface area (Å²) in [6.07, 6.45) is 3.84. The van der Waals surface area contributed by atoms with Gasteiger partial charge in [-0.2, -0.15) is 10.5 Å². The van der Waals surface area contributed by atoms with Crippen LogP contribution in [0, 0.1) is 46.3 Å². The summed E-state index contributed by atoms with van der Waals surface area (Å²) in [6, 6.07) is 4.43. The van der Waals surface area contributed by atoms with Crippen molar-refractivity contribution in [2.24, 2.45) is 23.7 Å². The molecule has 0 heterocycles. The summed E-state index contributed by atoms with van der Waals surface area (Å²) in [7, 11) is 0. The van der Waals surface area contributed by atoms with Crippen LogP contribution in [0.4, 0.5) is 0 Å². The second-order valence-electron chi connectivity index (χ2n) is 4.44. The van der Waals surface area contributed by atoms with Gasteiger partial charge in [-0.15, -0.1) is 0 Å². The largest absolute Gasteiger partial charge is 0.193 e. The lowest BCUT2D eigenvalue weighted by molar-refractivity contribution is 0.260. The van der Waals surface area contributed by atoms with E-state index in [1.165, 1.54) is 19.3 Å². The summed E-state index contributed by atoms with van der Waals surface area (Å²) < 4.78 is 0. The van der Waals surface area contributed by atoms with E-state index >= 15 is 0 Å². The molecule has 0 unspecified atom stereocenters. The Hall–Kier alpha value is -1.28. The van der Waals surface area contributed by atoms with Crippen LogP contribution in [0.3, 0.4) is 0 Å². The highest BCUT2D eigenvalue weighted by atomic mass is 14.6. The van der Waals surface area contributed by atoms with Crippen LogP contribution in [-0.2, 0) is 0 Å². The lowest BCUT2D eigenvalue weighted by Gasteiger charge is -2.39. The SMILES string of the molecule is N#CC1=C(C#N)[C@H]2[C@@H]3CC[C@@H](C3)[C@@H]12. The van der Waals surface area contributed by atoms with Gasteiger partial charge in [-0.1, -0.05) is 0 Å². The third kappa shape index (κ3) is 0.639. The summed E-state index contributed by atoms with van der Waals surface area (Å²) in [5.41, 5.74) is 1.64. The average Bonchev–Trinajstić information content (AvgIpc) is 2.63. The van der Waals surface area contributed by atoms with E-state index in [4.69, 9.17) is 10.5 Å². The monoisotopic (exact) mass is 170 g/mol. The lowest BCUT2D eigenvalue weighted by atomic mass is 9.62. The predicted octanol–water partition coefficient (Wildman–Crippen LogP) is 2.01. The van der Waals surface area contributed by atoms with Crippen molar-refractivity contribution in [1.82, 2.24) is 0 Å². The van der Waals surface area contributed by atoms with Crippen molar-refractivity contribution < 1.29 is 0 Å². The summed E-state index contributed by atoms with van der Waals surface area (Å²) in [5, 5.41) is 17.8. The Morgan fingerprint density at radius 3 is 1.77 bits per heavy atom.